The van der Waals surface area contributed by atoms with E-state index < -0.39 is 12.0 Å². The molecule has 1 heterocycles. The molecule has 1 saturated heterocycles. The molecule has 0 bridgehead atoms. The fraction of sp³-hybridized carbons (Fsp3) is 0.867. The van der Waals surface area contributed by atoms with Gasteiger partial charge >= 0.3 is 12.0 Å². The molecule has 2 amide bonds. The maximum absolute atomic E-state index is 12.3. The number of carbonyl (C=O) groups is 2. The average molecular weight is 298 g/mol. The lowest BCUT2D eigenvalue weighted by Gasteiger charge is -2.39. The predicted molar refractivity (Wildman–Crippen MR) is 78.1 cm³/mol. The van der Waals surface area contributed by atoms with Crippen LogP contribution in [0.15, 0.2) is 0 Å². The summed E-state index contributed by atoms with van der Waals surface area (Å²) in [4.78, 5) is 25.5. The Bertz CT molecular complexity index is 391. The van der Waals surface area contributed by atoms with E-state index >= 15 is 0 Å². The Morgan fingerprint density at radius 1 is 1.29 bits per heavy atom. The highest BCUT2D eigenvalue weighted by Gasteiger charge is 2.35. The molecule has 0 aromatic rings. The van der Waals surface area contributed by atoms with Crippen LogP contribution in [0, 0.1) is 5.92 Å². The second-order valence-corrected chi connectivity index (χ2v) is 6.69. The minimum Gasteiger partial charge on any atom is -0.480 e. The number of nitrogens with one attached hydrogen (secondary N) is 1. The van der Waals surface area contributed by atoms with Crippen LogP contribution in [0.1, 0.15) is 46.0 Å². The number of urea groups is 1. The van der Waals surface area contributed by atoms with Gasteiger partial charge in [-0.25, -0.2) is 9.59 Å². The van der Waals surface area contributed by atoms with E-state index in [1.165, 1.54) is 0 Å². The monoisotopic (exact) mass is 298 g/mol. The fourth-order valence-corrected chi connectivity index (χ4v) is 3.26. The van der Waals surface area contributed by atoms with E-state index in [4.69, 9.17) is 4.74 Å². The number of hydrogen-bond donors (Lipinski definition) is 2. The second-order valence-electron chi connectivity index (χ2n) is 6.69. The van der Waals surface area contributed by atoms with E-state index in [1.54, 1.807) is 4.90 Å². The van der Waals surface area contributed by atoms with Gasteiger partial charge in [-0.2, -0.15) is 0 Å². The number of rotatable bonds is 3. The number of aliphatic carboxylic acids is 1. The molecule has 0 radical (unpaired) electrons. The number of carbonyl (C=O) groups excluding carboxylic acids is 1. The van der Waals surface area contributed by atoms with Crippen molar-refractivity contribution in [3.8, 4) is 0 Å². The third-order valence-corrected chi connectivity index (χ3v) is 4.38. The summed E-state index contributed by atoms with van der Waals surface area (Å²) in [5.74, 6) is -0.878. The number of hydrogen-bond acceptors (Lipinski definition) is 3. The summed E-state index contributed by atoms with van der Waals surface area (Å²) in [6.07, 6.45) is 5.02. The minimum absolute atomic E-state index is 0.0502. The zero-order valence-corrected chi connectivity index (χ0v) is 12.9. The molecule has 1 saturated carbocycles. The van der Waals surface area contributed by atoms with Gasteiger partial charge < -0.3 is 20.1 Å². The van der Waals surface area contributed by atoms with Gasteiger partial charge in [0, 0.05) is 6.54 Å². The van der Waals surface area contributed by atoms with Crippen molar-refractivity contribution in [1.29, 1.82) is 0 Å². The Morgan fingerprint density at radius 3 is 2.52 bits per heavy atom. The first-order chi connectivity index (χ1) is 9.89. The molecule has 2 fully saturated rings. The van der Waals surface area contributed by atoms with E-state index in [9.17, 15) is 14.7 Å². The van der Waals surface area contributed by atoms with Crippen LogP contribution in [0.2, 0.25) is 0 Å². The highest BCUT2D eigenvalue weighted by atomic mass is 16.5. The molecule has 6 nitrogen and oxygen atoms in total. The first-order valence-corrected chi connectivity index (χ1v) is 7.81. The minimum atomic E-state index is -0.928. The Labute approximate surface area is 125 Å². The van der Waals surface area contributed by atoms with Gasteiger partial charge in [0.2, 0.25) is 0 Å². The summed E-state index contributed by atoms with van der Waals surface area (Å²) in [5.41, 5.74) is -0.376. The van der Waals surface area contributed by atoms with Crippen LogP contribution in [0.25, 0.3) is 0 Å². The van der Waals surface area contributed by atoms with Crippen LogP contribution in [0.4, 0.5) is 4.79 Å². The third kappa shape index (κ3) is 4.33. The summed E-state index contributed by atoms with van der Waals surface area (Å²) < 4.78 is 5.58. The SMILES string of the molecule is CC1(C)CN(C(=O)NC(C(=O)O)C2CCCCC2)CCO1. The van der Waals surface area contributed by atoms with E-state index in [1.807, 2.05) is 13.8 Å². The standard InChI is InChI=1S/C15H26N2O4/c1-15(2)10-17(8-9-21-15)14(20)16-12(13(18)19)11-6-4-3-5-7-11/h11-12H,3-10H2,1-2H3,(H,16,20)(H,18,19). The smallest absolute Gasteiger partial charge is 0.326 e. The molecule has 1 aliphatic carbocycles. The molecule has 2 rings (SSSR count). The molecular weight excluding hydrogens is 272 g/mol. The Morgan fingerprint density at radius 2 is 1.95 bits per heavy atom. The van der Waals surface area contributed by atoms with Crippen molar-refractivity contribution in [2.75, 3.05) is 19.7 Å². The molecule has 21 heavy (non-hydrogen) atoms. The van der Waals surface area contributed by atoms with Gasteiger partial charge in [0.15, 0.2) is 0 Å². The maximum Gasteiger partial charge on any atom is 0.326 e. The Kier molecular flexibility index (Phi) is 5.08. The lowest BCUT2D eigenvalue weighted by atomic mass is 9.84. The van der Waals surface area contributed by atoms with E-state index in [-0.39, 0.29) is 17.6 Å². The molecule has 2 N–H and O–H groups in total. The molecular formula is C15H26N2O4. The number of carboxylic acid groups (broad SMARTS) is 1. The quantitative estimate of drug-likeness (QED) is 0.833. The zero-order chi connectivity index (χ0) is 15.5. The molecule has 1 aliphatic heterocycles. The van der Waals surface area contributed by atoms with E-state index in [0.29, 0.717) is 19.7 Å². The van der Waals surface area contributed by atoms with Crippen molar-refractivity contribution >= 4 is 12.0 Å². The van der Waals surface area contributed by atoms with Crippen LogP contribution >= 0.6 is 0 Å². The van der Waals surface area contributed by atoms with Crippen molar-refractivity contribution in [3.63, 3.8) is 0 Å². The van der Waals surface area contributed by atoms with E-state index in [0.717, 1.165) is 32.1 Å². The molecule has 0 aromatic heterocycles. The fourth-order valence-electron chi connectivity index (χ4n) is 3.26. The molecule has 120 valence electrons. The van der Waals surface area contributed by atoms with Crippen molar-refractivity contribution in [2.45, 2.75) is 57.6 Å². The van der Waals surface area contributed by atoms with Gasteiger partial charge in [-0.15, -0.1) is 0 Å². The van der Waals surface area contributed by atoms with Crippen molar-refractivity contribution in [2.24, 2.45) is 5.92 Å². The summed E-state index contributed by atoms with van der Waals surface area (Å²) >= 11 is 0. The molecule has 0 spiro atoms. The van der Waals surface area contributed by atoms with Gasteiger partial charge in [0.25, 0.3) is 0 Å². The lowest BCUT2D eigenvalue weighted by Crippen LogP contribution is -2.57. The largest absolute Gasteiger partial charge is 0.480 e. The van der Waals surface area contributed by atoms with Crippen LogP contribution in [0.5, 0.6) is 0 Å². The second kappa shape index (κ2) is 6.64. The lowest BCUT2D eigenvalue weighted by molar-refractivity contribution is -0.141. The highest BCUT2D eigenvalue weighted by Crippen LogP contribution is 2.27. The summed E-state index contributed by atoms with van der Waals surface area (Å²) in [5, 5.41) is 12.1. The Hall–Kier alpha value is -1.30. The van der Waals surface area contributed by atoms with Crippen LogP contribution < -0.4 is 5.32 Å². The number of amides is 2. The molecule has 2 aliphatic rings. The normalized spacial score (nSPS) is 24.4. The highest BCUT2D eigenvalue weighted by molar-refractivity contribution is 5.83. The van der Waals surface area contributed by atoms with Gasteiger partial charge in [-0.1, -0.05) is 19.3 Å². The number of nitrogens with zero attached hydrogens (tertiary/aromatic N) is 1. The van der Waals surface area contributed by atoms with Crippen LogP contribution in [0.3, 0.4) is 0 Å². The van der Waals surface area contributed by atoms with Crippen LogP contribution in [-0.4, -0.2) is 53.3 Å². The Balaban J connectivity index is 1.96. The topological polar surface area (TPSA) is 78.9 Å². The van der Waals surface area contributed by atoms with Gasteiger partial charge in [0.1, 0.15) is 6.04 Å². The van der Waals surface area contributed by atoms with Gasteiger partial charge in [-0.05, 0) is 32.6 Å². The molecule has 1 unspecified atom stereocenters. The maximum atomic E-state index is 12.3. The molecule has 0 aromatic carbocycles. The summed E-state index contributed by atoms with van der Waals surface area (Å²) in [6.45, 7) is 5.34. The summed E-state index contributed by atoms with van der Waals surface area (Å²) in [7, 11) is 0. The predicted octanol–water partition coefficient (Wildman–Crippen LogP) is 1.84. The average Bonchev–Trinajstić information content (AvgIpc) is 2.44. The van der Waals surface area contributed by atoms with Crippen LogP contribution in [-0.2, 0) is 9.53 Å². The molecule has 1 atom stereocenters. The first-order valence-electron chi connectivity index (χ1n) is 7.81. The summed E-state index contributed by atoms with van der Waals surface area (Å²) in [6, 6.07) is -1.06. The zero-order valence-electron chi connectivity index (χ0n) is 12.9. The molecule has 6 heteroatoms. The van der Waals surface area contributed by atoms with Crippen molar-refractivity contribution < 1.29 is 19.4 Å². The van der Waals surface area contributed by atoms with Gasteiger partial charge in [0.05, 0.1) is 18.8 Å². The van der Waals surface area contributed by atoms with Crippen molar-refractivity contribution in [3.05, 3.63) is 0 Å². The first kappa shape index (κ1) is 16.1. The number of ether oxygens (including phenoxy) is 1. The van der Waals surface area contributed by atoms with E-state index in [2.05, 4.69) is 5.32 Å². The van der Waals surface area contributed by atoms with Crippen molar-refractivity contribution in [1.82, 2.24) is 10.2 Å². The number of carboxylic acids is 1. The van der Waals surface area contributed by atoms with Gasteiger partial charge in [-0.3, -0.25) is 0 Å². The third-order valence-electron chi connectivity index (χ3n) is 4.38. The number of morpholine rings is 1.